The van der Waals surface area contributed by atoms with E-state index in [1.165, 1.54) is 0 Å². The second-order valence-corrected chi connectivity index (χ2v) is 5.96. The van der Waals surface area contributed by atoms with Crippen molar-refractivity contribution in [3.05, 3.63) is 48.7 Å². The summed E-state index contributed by atoms with van der Waals surface area (Å²) in [6, 6.07) is 7.87. The van der Waals surface area contributed by atoms with Crippen molar-refractivity contribution in [1.82, 2.24) is 35.0 Å². The third kappa shape index (κ3) is 5.05. The van der Waals surface area contributed by atoms with E-state index in [0.29, 0.717) is 0 Å². The minimum Gasteiger partial charge on any atom is -0.357 e. The first kappa shape index (κ1) is 17.9. The second-order valence-electron chi connectivity index (χ2n) is 5.96. The van der Waals surface area contributed by atoms with E-state index in [2.05, 4.69) is 37.8 Å². The lowest BCUT2D eigenvalue weighted by atomic mass is 10.3. The van der Waals surface area contributed by atoms with E-state index in [1.807, 2.05) is 45.7 Å². The van der Waals surface area contributed by atoms with E-state index in [9.17, 15) is 0 Å². The van der Waals surface area contributed by atoms with Crippen LogP contribution in [-0.4, -0.2) is 50.0 Å². The molecule has 0 aliphatic heterocycles. The molecule has 0 atom stereocenters. The molecule has 0 fully saturated rings. The van der Waals surface area contributed by atoms with Gasteiger partial charge in [0.1, 0.15) is 5.82 Å². The summed E-state index contributed by atoms with van der Waals surface area (Å²) in [5.74, 6) is 1.85. The van der Waals surface area contributed by atoms with Gasteiger partial charge in [0.05, 0.1) is 0 Å². The molecule has 138 valence electrons. The predicted octanol–water partition coefficient (Wildman–Crippen LogP) is 1.50. The summed E-state index contributed by atoms with van der Waals surface area (Å²) in [5, 5.41) is 19.3. The Balaban J connectivity index is 1.40. The lowest BCUT2D eigenvalue weighted by Gasteiger charge is -2.11. The van der Waals surface area contributed by atoms with E-state index >= 15 is 0 Å². The molecule has 0 saturated carbocycles. The molecule has 0 radical (unpaired) electrons. The molecule has 0 spiro atoms. The first-order chi connectivity index (χ1) is 12.9. The highest BCUT2D eigenvalue weighted by Crippen LogP contribution is 2.04. The molecule has 0 amide bonds. The van der Waals surface area contributed by atoms with Gasteiger partial charge in [-0.05, 0) is 38.0 Å². The molecule has 8 nitrogen and oxygen atoms in total. The van der Waals surface area contributed by atoms with Gasteiger partial charge in [0.2, 0.25) is 0 Å². The zero-order valence-electron chi connectivity index (χ0n) is 15.2. The number of guanidine groups is 1. The molecule has 2 N–H and O–H groups in total. The van der Waals surface area contributed by atoms with Crippen molar-refractivity contribution < 1.29 is 0 Å². The Hall–Kier alpha value is -2.90. The van der Waals surface area contributed by atoms with Gasteiger partial charge in [-0.25, -0.2) is 0 Å². The summed E-state index contributed by atoms with van der Waals surface area (Å²) < 4.78 is 3.97. The number of pyridine rings is 1. The maximum atomic E-state index is 4.62. The molecule has 3 heterocycles. The van der Waals surface area contributed by atoms with Gasteiger partial charge in [0.15, 0.2) is 11.6 Å². The Kier molecular flexibility index (Phi) is 6.58. The highest BCUT2D eigenvalue weighted by molar-refractivity contribution is 5.79. The summed E-state index contributed by atoms with van der Waals surface area (Å²) in [6.07, 6.45) is 8.58. The minimum atomic E-state index is 0.768. The fraction of sp³-hybridized carbons (Fsp3) is 0.444. The minimum absolute atomic E-state index is 0.768. The molecule has 0 aliphatic carbocycles. The number of hydrogen-bond acceptors (Lipinski definition) is 4. The van der Waals surface area contributed by atoms with E-state index in [0.717, 1.165) is 62.9 Å². The van der Waals surface area contributed by atoms with Crippen LogP contribution in [0.4, 0.5) is 0 Å². The Morgan fingerprint density at radius 3 is 2.92 bits per heavy atom. The molecule has 26 heavy (non-hydrogen) atoms. The number of nitrogens with zero attached hydrogens (tertiary/aromatic N) is 6. The van der Waals surface area contributed by atoms with Crippen LogP contribution in [0.1, 0.15) is 25.6 Å². The molecule has 8 heteroatoms. The van der Waals surface area contributed by atoms with Gasteiger partial charge >= 0.3 is 0 Å². The van der Waals surface area contributed by atoms with Gasteiger partial charge in [-0.1, -0.05) is 6.07 Å². The zero-order chi connectivity index (χ0) is 18.0. The average Bonchev–Trinajstić information content (AvgIpc) is 3.32. The highest BCUT2D eigenvalue weighted by Gasteiger charge is 2.04. The van der Waals surface area contributed by atoms with Gasteiger partial charge in [0, 0.05) is 51.2 Å². The normalized spacial score (nSPS) is 11.8. The monoisotopic (exact) mass is 354 g/mol. The van der Waals surface area contributed by atoms with E-state index in [1.54, 1.807) is 6.20 Å². The molecule has 3 rings (SSSR count). The number of fused-ring (bicyclic) bond motifs is 1. The number of aromatic nitrogens is 5. The van der Waals surface area contributed by atoms with Crippen LogP contribution < -0.4 is 10.6 Å². The maximum Gasteiger partial charge on any atom is 0.191 e. The molecule has 3 aromatic rings. The fourth-order valence-electron chi connectivity index (χ4n) is 2.71. The highest BCUT2D eigenvalue weighted by atomic mass is 15.3. The van der Waals surface area contributed by atoms with Crippen LogP contribution in [0.15, 0.2) is 47.8 Å². The molecule has 0 aromatic carbocycles. The van der Waals surface area contributed by atoms with Crippen LogP contribution >= 0.6 is 0 Å². The van der Waals surface area contributed by atoms with Crippen LogP contribution in [0.5, 0.6) is 0 Å². The van der Waals surface area contributed by atoms with Crippen molar-refractivity contribution in [3.63, 3.8) is 0 Å². The van der Waals surface area contributed by atoms with Crippen LogP contribution in [-0.2, 0) is 13.0 Å². The Labute approximate surface area is 153 Å². The van der Waals surface area contributed by atoms with Gasteiger partial charge in [-0.15, -0.1) is 10.2 Å². The van der Waals surface area contributed by atoms with Crippen LogP contribution in [0.3, 0.4) is 0 Å². The molecule has 0 aliphatic rings. The fourth-order valence-corrected chi connectivity index (χ4v) is 2.71. The van der Waals surface area contributed by atoms with Gasteiger partial charge in [-0.2, -0.15) is 5.10 Å². The third-order valence-corrected chi connectivity index (χ3v) is 3.97. The number of nitrogens with one attached hydrogen (secondary N) is 2. The number of hydrogen-bond donors (Lipinski definition) is 2. The molecule has 0 unspecified atom stereocenters. The lowest BCUT2D eigenvalue weighted by molar-refractivity contribution is 0.583. The third-order valence-electron chi connectivity index (χ3n) is 3.97. The predicted molar refractivity (Wildman–Crippen MR) is 102 cm³/mol. The zero-order valence-corrected chi connectivity index (χ0v) is 15.2. The maximum absolute atomic E-state index is 4.62. The van der Waals surface area contributed by atoms with Crippen LogP contribution in [0.2, 0.25) is 0 Å². The van der Waals surface area contributed by atoms with Crippen molar-refractivity contribution in [2.75, 3.05) is 19.6 Å². The number of aryl methyl sites for hydroxylation is 2. The van der Waals surface area contributed by atoms with Crippen molar-refractivity contribution in [1.29, 1.82) is 0 Å². The van der Waals surface area contributed by atoms with Crippen LogP contribution in [0, 0.1) is 0 Å². The Bertz CT molecular complexity index is 806. The van der Waals surface area contributed by atoms with Crippen molar-refractivity contribution in [2.45, 2.75) is 32.7 Å². The summed E-state index contributed by atoms with van der Waals surface area (Å²) in [7, 11) is 0. The topological polar surface area (TPSA) is 84.4 Å². The molecule has 0 saturated heterocycles. The summed E-state index contributed by atoms with van der Waals surface area (Å²) >= 11 is 0. The molecular weight excluding hydrogens is 328 g/mol. The summed E-state index contributed by atoms with van der Waals surface area (Å²) in [5.41, 5.74) is 0.891. The Morgan fingerprint density at radius 1 is 1.12 bits per heavy atom. The summed E-state index contributed by atoms with van der Waals surface area (Å²) in [4.78, 5) is 4.62. The van der Waals surface area contributed by atoms with Crippen molar-refractivity contribution in [2.24, 2.45) is 4.99 Å². The quantitative estimate of drug-likeness (QED) is 0.346. The summed E-state index contributed by atoms with van der Waals surface area (Å²) in [6.45, 7) is 5.41. The standard InChI is InChI=1S/C18H26N8/c1-2-19-18(21-11-6-13-25-14-7-12-22-25)20-10-5-9-17-24-23-16-8-3-4-15-26(16)17/h3-4,7-8,12,14-15H,2,5-6,9-11,13H2,1H3,(H2,19,20,21). The van der Waals surface area contributed by atoms with Crippen molar-refractivity contribution >= 4 is 11.6 Å². The van der Waals surface area contributed by atoms with Crippen LogP contribution in [0.25, 0.3) is 5.65 Å². The number of rotatable bonds is 9. The largest absolute Gasteiger partial charge is 0.357 e. The second kappa shape index (κ2) is 9.55. The van der Waals surface area contributed by atoms with E-state index < -0.39 is 0 Å². The van der Waals surface area contributed by atoms with E-state index in [4.69, 9.17) is 0 Å². The lowest BCUT2D eigenvalue weighted by Crippen LogP contribution is -2.38. The van der Waals surface area contributed by atoms with Gasteiger partial charge < -0.3 is 10.6 Å². The molecular formula is C18H26N8. The SMILES string of the molecule is CCNC(=NCCCn1cccn1)NCCCc1nnc2ccccn12. The van der Waals surface area contributed by atoms with E-state index in [-0.39, 0.29) is 0 Å². The van der Waals surface area contributed by atoms with Crippen molar-refractivity contribution in [3.8, 4) is 0 Å². The Morgan fingerprint density at radius 2 is 2.08 bits per heavy atom. The van der Waals surface area contributed by atoms with Gasteiger partial charge in [0.25, 0.3) is 0 Å². The molecule has 0 bridgehead atoms. The van der Waals surface area contributed by atoms with Gasteiger partial charge in [-0.3, -0.25) is 14.1 Å². The molecule has 3 aromatic heterocycles. The number of aliphatic imine (C=N–C) groups is 1. The first-order valence-electron chi connectivity index (χ1n) is 9.15. The average molecular weight is 354 g/mol. The smallest absolute Gasteiger partial charge is 0.191 e. The first-order valence-corrected chi connectivity index (χ1v) is 9.15.